The molecule has 112 valence electrons. The van der Waals surface area contributed by atoms with Crippen molar-refractivity contribution in [3.8, 4) is 0 Å². The number of nitrogens with zero attached hydrogens (tertiary/aromatic N) is 1. The van der Waals surface area contributed by atoms with Gasteiger partial charge in [0, 0.05) is 20.2 Å². The van der Waals surface area contributed by atoms with Crippen molar-refractivity contribution < 1.29 is 13.2 Å². The first-order chi connectivity index (χ1) is 9.43. The fourth-order valence-electron chi connectivity index (χ4n) is 2.91. The minimum absolute atomic E-state index is 0.369. The van der Waals surface area contributed by atoms with Gasteiger partial charge in [0.05, 0.1) is 11.5 Å². The van der Waals surface area contributed by atoms with Crippen LogP contribution in [0, 0.1) is 11.8 Å². The molecule has 1 aliphatic heterocycles. The largest absolute Gasteiger partial charge is 0.380 e. The molecule has 0 N–H and O–H groups in total. The van der Waals surface area contributed by atoms with Gasteiger partial charge in [0.2, 0.25) is 10.0 Å². The zero-order valence-electron chi connectivity index (χ0n) is 12.4. The molecule has 0 aliphatic carbocycles. The predicted molar refractivity (Wildman–Crippen MR) is 78.9 cm³/mol. The van der Waals surface area contributed by atoms with Crippen LogP contribution in [0.2, 0.25) is 0 Å². The second kappa shape index (κ2) is 6.24. The van der Waals surface area contributed by atoms with Gasteiger partial charge in [-0.2, -0.15) is 4.31 Å². The molecule has 0 aromatic heterocycles. The lowest BCUT2D eigenvalue weighted by Crippen LogP contribution is -2.42. The maximum Gasteiger partial charge on any atom is 0.243 e. The van der Waals surface area contributed by atoms with Crippen molar-refractivity contribution >= 4 is 10.0 Å². The van der Waals surface area contributed by atoms with Gasteiger partial charge in [0.1, 0.15) is 0 Å². The number of hydrogen-bond acceptors (Lipinski definition) is 3. The van der Waals surface area contributed by atoms with Gasteiger partial charge in [-0.05, 0) is 36.0 Å². The van der Waals surface area contributed by atoms with Gasteiger partial charge in [-0.1, -0.05) is 26.0 Å². The second-order valence-electron chi connectivity index (χ2n) is 5.85. The molecular weight excluding hydrogens is 274 g/mol. The summed E-state index contributed by atoms with van der Waals surface area (Å²) >= 11 is 0. The number of benzene rings is 1. The van der Waals surface area contributed by atoms with Crippen LogP contribution >= 0.6 is 0 Å². The van der Waals surface area contributed by atoms with Crippen molar-refractivity contribution in [2.24, 2.45) is 11.8 Å². The Morgan fingerprint density at radius 3 is 2.50 bits per heavy atom. The van der Waals surface area contributed by atoms with Crippen LogP contribution in [0.15, 0.2) is 29.2 Å². The summed E-state index contributed by atoms with van der Waals surface area (Å²) in [5.74, 6) is 0.825. The highest BCUT2D eigenvalue weighted by Crippen LogP contribution is 2.27. The summed E-state index contributed by atoms with van der Waals surface area (Å²) in [5, 5.41) is 0. The van der Waals surface area contributed by atoms with E-state index in [0.717, 1.165) is 12.0 Å². The van der Waals surface area contributed by atoms with Crippen molar-refractivity contribution in [2.75, 3.05) is 20.2 Å². The van der Waals surface area contributed by atoms with Crippen LogP contribution in [-0.2, 0) is 21.4 Å². The zero-order valence-corrected chi connectivity index (χ0v) is 13.2. The van der Waals surface area contributed by atoms with Crippen molar-refractivity contribution in [1.82, 2.24) is 4.31 Å². The molecule has 0 radical (unpaired) electrons. The highest BCUT2D eigenvalue weighted by atomic mass is 32.2. The Hall–Kier alpha value is -0.910. The van der Waals surface area contributed by atoms with Crippen LogP contribution in [0.4, 0.5) is 0 Å². The first-order valence-corrected chi connectivity index (χ1v) is 8.45. The zero-order chi connectivity index (χ0) is 14.8. The monoisotopic (exact) mass is 297 g/mol. The standard InChI is InChI=1S/C15H23NO3S/c1-12-7-13(2)10-16(9-12)20(17,18)15-6-4-5-14(8-15)11-19-3/h4-6,8,12-13H,7,9-11H2,1-3H3/t12-,13-/m0/s1. The Bertz CT molecular complexity index is 546. The van der Waals surface area contributed by atoms with Gasteiger partial charge in [-0.15, -0.1) is 0 Å². The van der Waals surface area contributed by atoms with Gasteiger partial charge in [-0.3, -0.25) is 0 Å². The van der Waals surface area contributed by atoms with E-state index in [1.54, 1.807) is 29.6 Å². The van der Waals surface area contributed by atoms with Gasteiger partial charge in [0.25, 0.3) is 0 Å². The molecule has 0 amide bonds. The number of rotatable bonds is 4. The summed E-state index contributed by atoms with van der Waals surface area (Å²) in [4.78, 5) is 0.369. The highest BCUT2D eigenvalue weighted by Gasteiger charge is 2.31. The SMILES string of the molecule is COCc1cccc(S(=O)(=O)N2C[C@@H](C)C[C@H](C)C2)c1. The fourth-order valence-corrected chi connectivity index (χ4v) is 4.66. The molecule has 0 bridgehead atoms. The average molecular weight is 297 g/mol. The van der Waals surface area contributed by atoms with Crippen molar-refractivity contribution in [2.45, 2.75) is 31.8 Å². The van der Waals surface area contributed by atoms with Crippen molar-refractivity contribution in [3.63, 3.8) is 0 Å². The molecule has 1 aromatic carbocycles. The van der Waals surface area contributed by atoms with E-state index < -0.39 is 10.0 Å². The molecule has 20 heavy (non-hydrogen) atoms. The van der Waals surface area contributed by atoms with Crippen LogP contribution in [0.1, 0.15) is 25.8 Å². The maximum atomic E-state index is 12.7. The van der Waals surface area contributed by atoms with Crippen molar-refractivity contribution in [1.29, 1.82) is 0 Å². The molecule has 4 nitrogen and oxygen atoms in total. The molecule has 2 atom stereocenters. The van der Waals surface area contributed by atoms with E-state index in [1.807, 2.05) is 6.07 Å². The molecule has 0 unspecified atom stereocenters. The molecular formula is C15H23NO3S. The highest BCUT2D eigenvalue weighted by molar-refractivity contribution is 7.89. The molecule has 5 heteroatoms. The summed E-state index contributed by atoms with van der Waals surface area (Å²) in [7, 11) is -1.78. The summed E-state index contributed by atoms with van der Waals surface area (Å²) < 4.78 is 32.1. The fraction of sp³-hybridized carbons (Fsp3) is 0.600. The predicted octanol–water partition coefficient (Wildman–Crippen LogP) is 2.50. The molecule has 1 heterocycles. The van der Waals surface area contributed by atoms with Crippen molar-refractivity contribution in [3.05, 3.63) is 29.8 Å². The smallest absolute Gasteiger partial charge is 0.243 e. The number of ether oxygens (including phenoxy) is 1. The lowest BCUT2D eigenvalue weighted by Gasteiger charge is -2.34. The number of hydrogen-bond donors (Lipinski definition) is 0. The summed E-state index contributed by atoms with van der Waals surface area (Å²) in [5.41, 5.74) is 0.881. The van der Waals surface area contributed by atoms with Crippen LogP contribution in [0.3, 0.4) is 0 Å². The Morgan fingerprint density at radius 2 is 1.90 bits per heavy atom. The lowest BCUT2D eigenvalue weighted by atomic mass is 9.94. The normalized spacial score (nSPS) is 24.8. The summed E-state index contributed by atoms with van der Waals surface area (Å²) in [6, 6.07) is 7.03. The quantitative estimate of drug-likeness (QED) is 0.858. The van der Waals surface area contributed by atoms with Crippen LogP contribution < -0.4 is 0 Å². The molecule has 1 aromatic rings. The molecule has 1 saturated heterocycles. The van der Waals surface area contributed by atoms with Crippen LogP contribution in [-0.4, -0.2) is 32.9 Å². The van der Waals surface area contributed by atoms with E-state index in [9.17, 15) is 8.42 Å². The van der Waals surface area contributed by atoms with E-state index in [4.69, 9.17) is 4.74 Å². The third kappa shape index (κ3) is 3.40. The minimum atomic E-state index is -3.39. The van der Waals surface area contributed by atoms with Gasteiger partial charge < -0.3 is 4.74 Å². The Labute approximate surface area is 121 Å². The number of methoxy groups -OCH3 is 1. The van der Waals surface area contributed by atoms with Gasteiger partial charge in [0.15, 0.2) is 0 Å². The third-order valence-electron chi connectivity index (χ3n) is 3.68. The van der Waals surface area contributed by atoms with E-state index in [2.05, 4.69) is 13.8 Å². The minimum Gasteiger partial charge on any atom is -0.380 e. The number of piperidine rings is 1. The van der Waals surface area contributed by atoms with Crippen LogP contribution in [0.25, 0.3) is 0 Å². The van der Waals surface area contributed by atoms with Gasteiger partial charge in [-0.25, -0.2) is 8.42 Å². The summed E-state index contributed by atoms with van der Waals surface area (Å²) in [6.07, 6.45) is 1.09. The van der Waals surface area contributed by atoms with Gasteiger partial charge >= 0.3 is 0 Å². The van der Waals surface area contributed by atoms with E-state index in [-0.39, 0.29) is 0 Å². The Morgan fingerprint density at radius 1 is 1.25 bits per heavy atom. The average Bonchev–Trinajstić information content (AvgIpc) is 2.38. The Balaban J connectivity index is 2.27. The lowest BCUT2D eigenvalue weighted by molar-refractivity contribution is 0.184. The molecule has 2 rings (SSSR count). The second-order valence-corrected chi connectivity index (χ2v) is 7.79. The molecule has 0 spiro atoms. The summed E-state index contributed by atoms with van der Waals surface area (Å²) in [6.45, 7) is 5.87. The van der Waals surface area contributed by atoms with E-state index in [1.165, 1.54) is 0 Å². The molecule has 1 aliphatic rings. The first kappa shape index (κ1) is 15.5. The molecule has 1 fully saturated rings. The molecule has 0 saturated carbocycles. The maximum absolute atomic E-state index is 12.7. The topological polar surface area (TPSA) is 46.6 Å². The third-order valence-corrected chi connectivity index (χ3v) is 5.51. The number of sulfonamides is 1. The van der Waals surface area contributed by atoms with E-state index in [0.29, 0.717) is 36.4 Å². The first-order valence-electron chi connectivity index (χ1n) is 7.01. The van der Waals surface area contributed by atoms with Crippen LogP contribution in [0.5, 0.6) is 0 Å². The Kier molecular flexibility index (Phi) is 4.83. The van der Waals surface area contributed by atoms with E-state index >= 15 is 0 Å².